The zero-order chi connectivity index (χ0) is 15.5. The van der Waals surface area contributed by atoms with Gasteiger partial charge < -0.3 is 9.73 Å². The lowest BCUT2D eigenvalue weighted by atomic mass is 10.2. The predicted octanol–water partition coefficient (Wildman–Crippen LogP) is 2.14. The van der Waals surface area contributed by atoms with Crippen LogP contribution in [0.4, 0.5) is 0 Å². The van der Waals surface area contributed by atoms with E-state index in [2.05, 4.69) is 15.5 Å². The fourth-order valence-corrected chi connectivity index (χ4v) is 2.26. The van der Waals surface area contributed by atoms with E-state index >= 15 is 0 Å². The summed E-state index contributed by atoms with van der Waals surface area (Å²) < 4.78 is 5.13. The molecule has 2 aromatic heterocycles. The van der Waals surface area contributed by atoms with Crippen LogP contribution in [0.3, 0.4) is 0 Å². The van der Waals surface area contributed by atoms with E-state index < -0.39 is 11.5 Å². The first-order chi connectivity index (χ1) is 10.6. The first-order valence-corrected chi connectivity index (χ1v) is 7.01. The number of carbonyl (C=O) groups is 1. The number of benzene rings is 1. The maximum absolute atomic E-state index is 12.1. The van der Waals surface area contributed by atoms with E-state index in [4.69, 9.17) is 16.0 Å². The van der Waals surface area contributed by atoms with Gasteiger partial charge in [-0.25, -0.2) is 4.79 Å². The molecule has 3 aromatic rings. The summed E-state index contributed by atoms with van der Waals surface area (Å²) in [5.41, 5.74) is 0.578. The van der Waals surface area contributed by atoms with Crippen molar-refractivity contribution < 1.29 is 9.21 Å². The van der Waals surface area contributed by atoms with Crippen LogP contribution in [0.2, 0.25) is 5.02 Å². The van der Waals surface area contributed by atoms with Crippen LogP contribution in [0.5, 0.6) is 0 Å². The van der Waals surface area contributed by atoms with Crippen molar-refractivity contribution >= 4 is 28.5 Å². The molecule has 0 fully saturated rings. The molecule has 7 heteroatoms. The second-order valence-corrected chi connectivity index (χ2v) is 5.15. The molecule has 2 heterocycles. The highest BCUT2D eigenvalue weighted by Crippen LogP contribution is 2.18. The molecule has 112 valence electrons. The van der Waals surface area contributed by atoms with E-state index in [0.717, 1.165) is 5.69 Å². The third kappa shape index (κ3) is 3.01. The van der Waals surface area contributed by atoms with E-state index in [9.17, 15) is 9.59 Å². The monoisotopic (exact) mass is 317 g/mol. The van der Waals surface area contributed by atoms with Crippen LogP contribution in [-0.2, 0) is 6.42 Å². The number of aromatic nitrogens is 2. The van der Waals surface area contributed by atoms with E-state index in [1.165, 1.54) is 6.07 Å². The van der Waals surface area contributed by atoms with Crippen LogP contribution in [0, 0.1) is 0 Å². The van der Waals surface area contributed by atoms with Crippen LogP contribution in [-0.4, -0.2) is 22.6 Å². The lowest BCUT2D eigenvalue weighted by Crippen LogP contribution is -2.29. The van der Waals surface area contributed by atoms with Crippen molar-refractivity contribution in [1.29, 1.82) is 0 Å². The van der Waals surface area contributed by atoms with E-state index in [-0.39, 0.29) is 5.56 Å². The molecule has 22 heavy (non-hydrogen) atoms. The van der Waals surface area contributed by atoms with Crippen LogP contribution >= 0.6 is 11.6 Å². The van der Waals surface area contributed by atoms with Crippen LogP contribution in [0.25, 0.3) is 11.0 Å². The molecule has 0 aliphatic carbocycles. The minimum atomic E-state index is -0.672. The Bertz CT molecular complexity index is 871. The maximum atomic E-state index is 12.1. The maximum Gasteiger partial charge on any atom is 0.349 e. The molecule has 0 radical (unpaired) electrons. The fraction of sp³-hybridized carbons (Fsp3) is 0.133. The summed E-state index contributed by atoms with van der Waals surface area (Å²) in [7, 11) is 0. The van der Waals surface area contributed by atoms with Gasteiger partial charge in [0.15, 0.2) is 0 Å². The average molecular weight is 318 g/mol. The molecule has 1 amide bonds. The largest absolute Gasteiger partial charge is 0.422 e. The first kappa shape index (κ1) is 14.3. The number of nitrogens with one attached hydrogen (secondary N) is 2. The second kappa shape index (κ2) is 6.03. The van der Waals surface area contributed by atoms with Crippen molar-refractivity contribution in [2.45, 2.75) is 6.42 Å². The van der Waals surface area contributed by atoms with Gasteiger partial charge in [-0.3, -0.25) is 9.89 Å². The van der Waals surface area contributed by atoms with Crippen molar-refractivity contribution in [2.24, 2.45) is 0 Å². The van der Waals surface area contributed by atoms with Gasteiger partial charge in [-0.05, 0) is 30.3 Å². The third-order valence-corrected chi connectivity index (χ3v) is 3.41. The molecule has 1 aromatic carbocycles. The van der Waals surface area contributed by atoms with Gasteiger partial charge >= 0.3 is 5.63 Å². The quantitative estimate of drug-likeness (QED) is 0.722. The Balaban J connectivity index is 1.78. The molecule has 0 aliphatic heterocycles. The Labute approximate surface area is 130 Å². The molecular weight excluding hydrogens is 306 g/mol. The lowest BCUT2D eigenvalue weighted by molar-refractivity contribution is 0.0950. The smallest absolute Gasteiger partial charge is 0.349 e. The van der Waals surface area contributed by atoms with Gasteiger partial charge in [-0.1, -0.05) is 11.6 Å². The van der Waals surface area contributed by atoms with Crippen molar-refractivity contribution in [1.82, 2.24) is 15.5 Å². The molecule has 0 saturated carbocycles. The summed E-state index contributed by atoms with van der Waals surface area (Å²) >= 11 is 5.90. The van der Waals surface area contributed by atoms with Crippen LogP contribution in [0.15, 0.2) is 45.7 Å². The molecule has 0 bridgehead atoms. The number of nitrogens with zero attached hydrogens (tertiary/aromatic N) is 1. The van der Waals surface area contributed by atoms with Gasteiger partial charge in [0.05, 0.1) is 0 Å². The molecule has 0 unspecified atom stereocenters. The predicted molar refractivity (Wildman–Crippen MR) is 82.1 cm³/mol. The van der Waals surface area contributed by atoms with Crippen LogP contribution in [0.1, 0.15) is 16.1 Å². The number of fused-ring (bicyclic) bond motifs is 1. The van der Waals surface area contributed by atoms with Gasteiger partial charge in [0.2, 0.25) is 0 Å². The van der Waals surface area contributed by atoms with E-state index in [1.54, 1.807) is 24.4 Å². The van der Waals surface area contributed by atoms with E-state index in [1.807, 2.05) is 6.07 Å². The number of hydrogen-bond acceptors (Lipinski definition) is 4. The number of halogens is 1. The number of hydrogen-bond donors (Lipinski definition) is 2. The number of rotatable bonds is 4. The normalized spacial score (nSPS) is 10.8. The Morgan fingerprint density at radius 3 is 2.95 bits per heavy atom. The van der Waals surface area contributed by atoms with Gasteiger partial charge in [-0.2, -0.15) is 5.10 Å². The van der Waals surface area contributed by atoms with Crippen molar-refractivity contribution in [2.75, 3.05) is 6.54 Å². The number of H-pyrrole nitrogens is 1. The van der Waals surface area contributed by atoms with E-state index in [0.29, 0.717) is 29.0 Å². The zero-order valence-corrected chi connectivity index (χ0v) is 12.2. The molecule has 2 N–H and O–H groups in total. The minimum Gasteiger partial charge on any atom is -0.422 e. The molecule has 0 atom stereocenters. The summed E-state index contributed by atoms with van der Waals surface area (Å²) in [5, 5.41) is 10.4. The van der Waals surface area contributed by atoms with Crippen molar-refractivity contribution in [3.63, 3.8) is 0 Å². The Morgan fingerprint density at radius 2 is 2.18 bits per heavy atom. The third-order valence-electron chi connectivity index (χ3n) is 3.18. The van der Waals surface area contributed by atoms with Crippen molar-refractivity contribution in [3.8, 4) is 0 Å². The molecule has 0 spiro atoms. The Hall–Kier alpha value is -2.60. The van der Waals surface area contributed by atoms with Gasteiger partial charge in [0, 0.05) is 35.3 Å². The topological polar surface area (TPSA) is 88.0 Å². The Morgan fingerprint density at radius 1 is 1.32 bits per heavy atom. The summed E-state index contributed by atoms with van der Waals surface area (Å²) in [6.07, 6.45) is 2.23. The Kier molecular flexibility index (Phi) is 3.93. The minimum absolute atomic E-state index is 0.0422. The van der Waals surface area contributed by atoms with Crippen LogP contribution < -0.4 is 10.9 Å². The molecule has 0 saturated heterocycles. The van der Waals surface area contributed by atoms with Gasteiger partial charge in [0.1, 0.15) is 11.1 Å². The fourth-order valence-electron chi connectivity index (χ4n) is 2.08. The number of carbonyl (C=O) groups excluding carboxylic acids is 1. The summed E-state index contributed by atoms with van der Waals surface area (Å²) in [4.78, 5) is 24.0. The SMILES string of the molecule is O=C(NCCc1ccn[nH]1)c1cc2cc(Cl)ccc2oc1=O. The van der Waals surface area contributed by atoms with Gasteiger partial charge in [-0.15, -0.1) is 0 Å². The number of amides is 1. The standard InChI is InChI=1S/C15H12ClN3O3/c16-10-1-2-13-9(7-10)8-12(15(21)22-13)14(20)17-5-3-11-4-6-18-19-11/h1-2,4,6-8H,3,5H2,(H,17,20)(H,18,19). The molecule has 6 nitrogen and oxygen atoms in total. The highest BCUT2D eigenvalue weighted by atomic mass is 35.5. The number of aromatic amines is 1. The molecule has 0 aliphatic rings. The highest BCUT2D eigenvalue weighted by Gasteiger charge is 2.13. The average Bonchev–Trinajstić information content (AvgIpc) is 3.00. The summed E-state index contributed by atoms with van der Waals surface area (Å²) in [6.45, 7) is 0.383. The molecule has 3 rings (SSSR count). The first-order valence-electron chi connectivity index (χ1n) is 6.63. The summed E-state index contributed by atoms with van der Waals surface area (Å²) in [5.74, 6) is -0.477. The highest BCUT2D eigenvalue weighted by molar-refractivity contribution is 6.31. The second-order valence-electron chi connectivity index (χ2n) is 4.72. The zero-order valence-electron chi connectivity index (χ0n) is 11.4. The lowest BCUT2D eigenvalue weighted by Gasteiger charge is -2.04. The van der Waals surface area contributed by atoms with Gasteiger partial charge in [0.25, 0.3) is 5.91 Å². The van der Waals surface area contributed by atoms with Crippen molar-refractivity contribution in [3.05, 3.63) is 63.2 Å². The summed E-state index contributed by atoms with van der Waals surface area (Å²) in [6, 6.07) is 8.16. The molecular formula is C15H12ClN3O3.